The van der Waals surface area contributed by atoms with E-state index < -0.39 is 16.8 Å². The lowest BCUT2D eigenvalue weighted by Crippen LogP contribution is -2.46. The molecule has 0 aromatic carbocycles. The molecule has 1 aliphatic carbocycles. The summed E-state index contributed by atoms with van der Waals surface area (Å²) in [6, 6.07) is 2.38. The number of carboxylic acids is 1. The molecule has 0 atom stereocenters. The quantitative estimate of drug-likeness (QED) is 0.866. The van der Waals surface area contributed by atoms with E-state index in [0.717, 1.165) is 32.1 Å². The van der Waals surface area contributed by atoms with E-state index in [4.69, 9.17) is 0 Å². The standard InChI is InChI=1S/C16H24N2O3/c1-15(14(20)21)7-9-18(10-8-15)13(19)11-16(12-17)5-3-2-4-6-16/h2-11H2,1H3,(H,20,21). The van der Waals surface area contributed by atoms with Gasteiger partial charge in [-0.3, -0.25) is 9.59 Å². The molecule has 1 amide bonds. The zero-order valence-electron chi connectivity index (χ0n) is 12.7. The highest BCUT2D eigenvalue weighted by atomic mass is 16.4. The average molecular weight is 292 g/mol. The van der Waals surface area contributed by atoms with Crippen molar-refractivity contribution in [1.82, 2.24) is 4.90 Å². The maximum Gasteiger partial charge on any atom is 0.309 e. The smallest absolute Gasteiger partial charge is 0.309 e. The SMILES string of the molecule is CC1(C(=O)O)CCN(C(=O)CC2(C#N)CCCCC2)CC1. The summed E-state index contributed by atoms with van der Waals surface area (Å²) in [6.45, 7) is 2.72. The third-order valence-corrected chi connectivity index (χ3v) is 5.27. The van der Waals surface area contributed by atoms with Crippen LogP contribution < -0.4 is 0 Å². The molecule has 1 N–H and O–H groups in total. The largest absolute Gasteiger partial charge is 0.481 e. The topological polar surface area (TPSA) is 81.4 Å². The molecule has 21 heavy (non-hydrogen) atoms. The number of aliphatic carboxylic acids is 1. The zero-order chi connectivity index (χ0) is 15.5. The Kier molecular flexibility index (Phi) is 4.55. The Labute approximate surface area is 125 Å². The molecule has 5 heteroatoms. The number of amides is 1. The van der Waals surface area contributed by atoms with Crippen LogP contribution in [0.1, 0.15) is 58.3 Å². The molecule has 1 saturated carbocycles. The van der Waals surface area contributed by atoms with Crippen LogP contribution in [0, 0.1) is 22.2 Å². The van der Waals surface area contributed by atoms with Gasteiger partial charge in [-0.1, -0.05) is 19.3 Å². The maximum absolute atomic E-state index is 12.4. The minimum absolute atomic E-state index is 0.0193. The van der Waals surface area contributed by atoms with Crippen LogP contribution in [0.5, 0.6) is 0 Å². The number of hydrogen-bond donors (Lipinski definition) is 1. The highest BCUT2D eigenvalue weighted by Crippen LogP contribution is 2.40. The Morgan fingerprint density at radius 2 is 1.71 bits per heavy atom. The molecule has 0 spiro atoms. The minimum Gasteiger partial charge on any atom is -0.481 e. The Bertz CT molecular complexity index is 453. The number of carboxylic acid groups (broad SMARTS) is 1. The Morgan fingerprint density at radius 3 is 2.19 bits per heavy atom. The fourth-order valence-corrected chi connectivity index (χ4v) is 3.42. The van der Waals surface area contributed by atoms with E-state index in [-0.39, 0.29) is 5.91 Å². The first-order chi connectivity index (χ1) is 9.91. The number of nitriles is 1. The first-order valence-electron chi connectivity index (χ1n) is 7.83. The van der Waals surface area contributed by atoms with Gasteiger partial charge in [-0.2, -0.15) is 5.26 Å². The second-order valence-corrected chi connectivity index (χ2v) is 6.88. The third-order valence-electron chi connectivity index (χ3n) is 5.27. The maximum atomic E-state index is 12.4. The van der Waals surface area contributed by atoms with Crippen molar-refractivity contribution >= 4 is 11.9 Å². The summed E-state index contributed by atoms with van der Waals surface area (Å²) < 4.78 is 0. The van der Waals surface area contributed by atoms with E-state index in [1.165, 1.54) is 0 Å². The molecular formula is C16H24N2O3. The third kappa shape index (κ3) is 3.37. The number of carbonyl (C=O) groups is 2. The molecule has 1 saturated heterocycles. The van der Waals surface area contributed by atoms with Crippen molar-refractivity contribution in [2.75, 3.05) is 13.1 Å². The number of hydrogen-bond acceptors (Lipinski definition) is 3. The van der Waals surface area contributed by atoms with E-state index in [2.05, 4.69) is 6.07 Å². The number of piperidine rings is 1. The fraction of sp³-hybridized carbons (Fsp3) is 0.812. The highest BCUT2D eigenvalue weighted by molar-refractivity contribution is 5.79. The van der Waals surface area contributed by atoms with Crippen LogP contribution >= 0.6 is 0 Å². The van der Waals surface area contributed by atoms with E-state index in [1.54, 1.807) is 11.8 Å². The molecule has 0 bridgehead atoms. The van der Waals surface area contributed by atoms with Gasteiger partial charge in [0.25, 0.3) is 0 Å². The van der Waals surface area contributed by atoms with Gasteiger partial charge >= 0.3 is 5.97 Å². The van der Waals surface area contributed by atoms with Crippen molar-refractivity contribution < 1.29 is 14.7 Å². The number of rotatable bonds is 3. The molecule has 0 aromatic rings. The van der Waals surface area contributed by atoms with Crippen LogP contribution in [0.2, 0.25) is 0 Å². The summed E-state index contributed by atoms with van der Waals surface area (Å²) >= 11 is 0. The van der Waals surface area contributed by atoms with E-state index in [1.807, 2.05) is 0 Å². The normalized spacial score (nSPS) is 24.1. The lowest BCUT2D eigenvalue weighted by Gasteiger charge is -2.38. The van der Waals surface area contributed by atoms with Crippen molar-refractivity contribution in [3.05, 3.63) is 0 Å². The lowest BCUT2D eigenvalue weighted by atomic mass is 9.72. The monoisotopic (exact) mass is 292 g/mol. The van der Waals surface area contributed by atoms with E-state index >= 15 is 0 Å². The first kappa shape index (κ1) is 15.8. The van der Waals surface area contributed by atoms with Gasteiger partial charge in [-0.25, -0.2) is 0 Å². The van der Waals surface area contributed by atoms with Crippen LogP contribution in [0.3, 0.4) is 0 Å². The molecule has 5 nitrogen and oxygen atoms in total. The first-order valence-corrected chi connectivity index (χ1v) is 7.83. The molecule has 116 valence electrons. The van der Waals surface area contributed by atoms with Gasteiger partial charge in [0.05, 0.1) is 16.9 Å². The Hall–Kier alpha value is -1.57. The summed E-state index contributed by atoms with van der Waals surface area (Å²) in [6.07, 6.45) is 6.12. The summed E-state index contributed by atoms with van der Waals surface area (Å²) in [5, 5.41) is 18.7. The van der Waals surface area contributed by atoms with Crippen LogP contribution in [-0.2, 0) is 9.59 Å². The molecule has 2 fully saturated rings. The predicted molar refractivity (Wildman–Crippen MR) is 77.3 cm³/mol. The molecule has 0 unspecified atom stereocenters. The van der Waals surface area contributed by atoms with Crippen molar-refractivity contribution in [2.24, 2.45) is 10.8 Å². The van der Waals surface area contributed by atoms with Crippen LogP contribution in [0.4, 0.5) is 0 Å². The average Bonchev–Trinajstić information content (AvgIpc) is 2.48. The molecular weight excluding hydrogens is 268 g/mol. The van der Waals surface area contributed by atoms with E-state index in [0.29, 0.717) is 32.4 Å². The van der Waals surface area contributed by atoms with Crippen molar-refractivity contribution in [3.63, 3.8) is 0 Å². The summed E-state index contributed by atoms with van der Waals surface area (Å²) in [5.74, 6) is -0.763. The Morgan fingerprint density at radius 1 is 1.14 bits per heavy atom. The molecule has 1 heterocycles. The summed E-state index contributed by atoms with van der Waals surface area (Å²) in [4.78, 5) is 25.4. The fourth-order valence-electron chi connectivity index (χ4n) is 3.42. The molecule has 2 aliphatic rings. The van der Waals surface area contributed by atoms with Gasteiger partial charge in [0, 0.05) is 19.5 Å². The molecule has 1 aliphatic heterocycles. The number of carbonyl (C=O) groups excluding carboxylic acids is 1. The summed E-state index contributed by atoms with van der Waals surface area (Å²) in [5.41, 5.74) is -1.20. The highest BCUT2D eigenvalue weighted by Gasteiger charge is 2.40. The van der Waals surface area contributed by atoms with Crippen LogP contribution in [-0.4, -0.2) is 35.0 Å². The van der Waals surface area contributed by atoms with Gasteiger partial charge < -0.3 is 10.0 Å². The predicted octanol–water partition coefficient (Wildman–Crippen LogP) is 2.56. The van der Waals surface area contributed by atoms with Crippen molar-refractivity contribution in [2.45, 2.75) is 58.3 Å². The van der Waals surface area contributed by atoms with E-state index in [9.17, 15) is 20.0 Å². The van der Waals surface area contributed by atoms with Crippen molar-refractivity contribution in [3.8, 4) is 6.07 Å². The van der Waals surface area contributed by atoms with Gasteiger partial charge in [-0.15, -0.1) is 0 Å². The second kappa shape index (κ2) is 6.05. The van der Waals surface area contributed by atoms with Gasteiger partial charge in [0.15, 0.2) is 0 Å². The van der Waals surface area contributed by atoms with Gasteiger partial charge in [-0.05, 0) is 32.6 Å². The minimum atomic E-state index is -0.782. The number of likely N-dealkylation sites (tertiary alicyclic amines) is 1. The summed E-state index contributed by atoms with van der Waals surface area (Å²) in [7, 11) is 0. The van der Waals surface area contributed by atoms with Crippen LogP contribution in [0.25, 0.3) is 0 Å². The lowest BCUT2D eigenvalue weighted by molar-refractivity contribution is -0.153. The zero-order valence-corrected chi connectivity index (χ0v) is 12.7. The molecule has 2 rings (SSSR count). The Balaban J connectivity index is 1.93. The second-order valence-electron chi connectivity index (χ2n) is 6.88. The molecule has 0 aromatic heterocycles. The van der Waals surface area contributed by atoms with Crippen LogP contribution in [0.15, 0.2) is 0 Å². The van der Waals surface area contributed by atoms with Gasteiger partial charge in [0.1, 0.15) is 0 Å². The number of nitrogens with zero attached hydrogens (tertiary/aromatic N) is 2. The molecule has 0 radical (unpaired) electrons. The van der Waals surface area contributed by atoms with Gasteiger partial charge in [0.2, 0.25) is 5.91 Å². The van der Waals surface area contributed by atoms with Crippen molar-refractivity contribution in [1.29, 1.82) is 5.26 Å².